The van der Waals surface area contributed by atoms with Gasteiger partial charge in [0.2, 0.25) is 0 Å². The zero-order valence-corrected chi connectivity index (χ0v) is 19.3. The number of fused-ring (bicyclic) bond motifs is 2. The van der Waals surface area contributed by atoms with Crippen LogP contribution in [0.4, 0.5) is 0 Å². The third-order valence-corrected chi connectivity index (χ3v) is 5.65. The van der Waals surface area contributed by atoms with Crippen LogP contribution in [0.2, 0.25) is 0 Å². The summed E-state index contributed by atoms with van der Waals surface area (Å²) in [5.41, 5.74) is 2.38. The van der Waals surface area contributed by atoms with Crippen LogP contribution in [0.15, 0.2) is 58.5 Å². The van der Waals surface area contributed by atoms with E-state index in [1.54, 1.807) is 21.4 Å². The number of nitrogens with zero attached hydrogens (tertiary/aromatic N) is 3. The second-order valence-electron chi connectivity index (χ2n) is 10.2. The maximum absolute atomic E-state index is 13.6. The summed E-state index contributed by atoms with van der Waals surface area (Å²) in [5, 5.41) is 2.09. The van der Waals surface area contributed by atoms with Crippen LogP contribution in [0.3, 0.4) is 0 Å². The molecule has 0 saturated heterocycles. The molecule has 0 fully saturated rings. The minimum Gasteiger partial charge on any atom is -0.310 e. The number of hydrogen-bond acceptors (Lipinski definition) is 3. The highest BCUT2D eigenvalue weighted by atomic mass is 16.1. The molecule has 0 spiro atoms. The van der Waals surface area contributed by atoms with E-state index in [2.05, 4.69) is 4.98 Å². The molecular weight excluding hydrogens is 386 g/mol. The Kier molecular flexibility index (Phi) is 4.69. The fraction of sp³-hybridized carbons (Fsp3) is 0.346. The predicted octanol–water partition coefficient (Wildman–Crippen LogP) is 5.20. The maximum Gasteiger partial charge on any atom is 0.260 e. The smallest absolute Gasteiger partial charge is 0.260 e. The predicted molar refractivity (Wildman–Crippen MR) is 128 cm³/mol. The van der Waals surface area contributed by atoms with Gasteiger partial charge in [0.25, 0.3) is 11.1 Å². The Bertz CT molecular complexity index is 1440. The quantitative estimate of drug-likeness (QED) is 0.429. The molecule has 3 heterocycles. The van der Waals surface area contributed by atoms with Crippen molar-refractivity contribution in [1.29, 1.82) is 0 Å². The average Bonchev–Trinajstić information content (AvgIpc) is 2.66. The van der Waals surface area contributed by atoms with E-state index >= 15 is 0 Å². The molecule has 0 aliphatic rings. The zero-order valence-electron chi connectivity index (χ0n) is 19.3. The second kappa shape index (κ2) is 6.91. The fourth-order valence-corrected chi connectivity index (χ4v) is 4.13. The van der Waals surface area contributed by atoms with Crippen molar-refractivity contribution in [2.24, 2.45) is 0 Å². The van der Waals surface area contributed by atoms with Crippen molar-refractivity contribution in [3.05, 3.63) is 75.2 Å². The van der Waals surface area contributed by atoms with Gasteiger partial charge in [-0.2, -0.15) is 0 Å². The number of rotatable bonds is 1. The summed E-state index contributed by atoms with van der Waals surface area (Å²) < 4.78 is 3.51. The highest BCUT2D eigenvalue weighted by Crippen LogP contribution is 2.33. The van der Waals surface area contributed by atoms with E-state index in [0.29, 0.717) is 16.3 Å². The van der Waals surface area contributed by atoms with Gasteiger partial charge in [-0.05, 0) is 83.2 Å². The third kappa shape index (κ3) is 3.48. The largest absolute Gasteiger partial charge is 0.310 e. The summed E-state index contributed by atoms with van der Waals surface area (Å²) >= 11 is 0. The van der Waals surface area contributed by atoms with E-state index in [9.17, 15) is 9.59 Å². The summed E-state index contributed by atoms with van der Waals surface area (Å²) in [6, 6.07) is 9.64. The van der Waals surface area contributed by atoms with E-state index in [0.717, 1.165) is 22.1 Å². The van der Waals surface area contributed by atoms with Crippen LogP contribution in [-0.2, 0) is 11.1 Å². The molecule has 0 bridgehead atoms. The fourth-order valence-electron chi connectivity index (χ4n) is 4.13. The van der Waals surface area contributed by atoms with E-state index < -0.39 is 5.54 Å². The molecule has 31 heavy (non-hydrogen) atoms. The molecule has 160 valence electrons. The maximum atomic E-state index is 13.6. The third-order valence-electron chi connectivity index (χ3n) is 5.65. The molecule has 5 nitrogen and oxygen atoms in total. The molecule has 4 aromatic rings. The minimum atomic E-state index is -0.416. The van der Waals surface area contributed by atoms with E-state index in [1.807, 2.05) is 85.1 Å². The van der Waals surface area contributed by atoms with Crippen LogP contribution >= 0.6 is 0 Å². The molecule has 0 atom stereocenters. The van der Waals surface area contributed by atoms with Gasteiger partial charge in [-0.3, -0.25) is 14.6 Å². The molecular formula is C26H29N3O2. The first kappa shape index (κ1) is 21.0. The molecule has 0 saturated carbocycles. The van der Waals surface area contributed by atoms with Crippen molar-refractivity contribution in [1.82, 2.24) is 14.1 Å². The second-order valence-corrected chi connectivity index (χ2v) is 10.2. The van der Waals surface area contributed by atoms with Crippen molar-refractivity contribution < 1.29 is 0 Å². The van der Waals surface area contributed by atoms with Crippen LogP contribution in [0.25, 0.3) is 32.8 Å². The molecule has 4 rings (SSSR count). The average molecular weight is 416 g/mol. The van der Waals surface area contributed by atoms with Crippen LogP contribution in [-0.4, -0.2) is 14.1 Å². The SMILES string of the molecule is Cc1cc(-c2cn(C(C)(C)C)c(=O)c3cccnc23)c2c(=O)n(C(C)(C)C)ccc2c1. The van der Waals surface area contributed by atoms with E-state index in [4.69, 9.17) is 0 Å². The monoisotopic (exact) mass is 415 g/mol. The molecule has 3 aromatic heterocycles. The number of aryl methyl sites for hydroxylation is 1. The molecule has 0 amide bonds. The number of benzene rings is 1. The Morgan fingerprint density at radius 1 is 0.839 bits per heavy atom. The lowest BCUT2D eigenvalue weighted by molar-refractivity contribution is 0.386. The van der Waals surface area contributed by atoms with Gasteiger partial charge in [0.05, 0.1) is 16.3 Å². The standard InChI is InChI=1S/C26H29N3O2/c1-16-13-17-10-12-28(25(2,3)4)24(31)21(17)19(14-16)20-15-29(26(5,6)7)23(30)18-9-8-11-27-22(18)20/h8-15H,1-7H3. The van der Waals surface area contributed by atoms with Crippen LogP contribution in [0, 0.1) is 6.92 Å². The van der Waals surface area contributed by atoms with Gasteiger partial charge in [-0.1, -0.05) is 12.1 Å². The summed E-state index contributed by atoms with van der Waals surface area (Å²) in [6.45, 7) is 14.1. The van der Waals surface area contributed by atoms with Crippen LogP contribution < -0.4 is 11.1 Å². The molecule has 1 aromatic carbocycles. The number of hydrogen-bond donors (Lipinski definition) is 0. The highest BCUT2D eigenvalue weighted by Gasteiger charge is 2.23. The topological polar surface area (TPSA) is 56.9 Å². The van der Waals surface area contributed by atoms with Gasteiger partial charge in [-0.25, -0.2) is 0 Å². The van der Waals surface area contributed by atoms with Crippen molar-refractivity contribution >= 4 is 21.7 Å². The molecule has 0 aliphatic heterocycles. The first-order valence-electron chi connectivity index (χ1n) is 10.6. The highest BCUT2D eigenvalue weighted by molar-refractivity contribution is 6.03. The van der Waals surface area contributed by atoms with Crippen molar-refractivity contribution in [2.45, 2.75) is 59.5 Å². The first-order valence-corrected chi connectivity index (χ1v) is 10.6. The lowest BCUT2D eigenvalue weighted by Gasteiger charge is -2.25. The molecule has 0 aliphatic carbocycles. The number of pyridine rings is 3. The number of aromatic nitrogens is 3. The van der Waals surface area contributed by atoms with E-state index in [1.165, 1.54) is 0 Å². The Labute approximate surface area is 182 Å². The van der Waals surface area contributed by atoms with Crippen LogP contribution in [0.5, 0.6) is 0 Å². The Hall–Kier alpha value is -3.21. The van der Waals surface area contributed by atoms with Gasteiger partial charge < -0.3 is 9.13 Å². The zero-order chi connectivity index (χ0) is 22.7. The van der Waals surface area contributed by atoms with Crippen molar-refractivity contribution in [2.75, 3.05) is 0 Å². The van der Waals surface area contributed by atoms with E-state index in [-0.39, 0.29) is 16.7 Å². The summed E-state index contributed by atoms with van der Waals surface area (Å²) in [4.78, 5) is 31.4. The first-order chi connectivity index (χ1) is 14.4. The lowest BCUT2D eigenvalue weighted by atomic mass is 9.95. The van der Waals surface area contributed by atoms with Crippen molar-refractivity contribution in [3.8, 4) is 11.1 Å². The Morgan fingerprint density at radius 2 is 1.52 bits per heavy atom. The molecule has 0 radical (unpaired) electrons. The van der Waals surface area contributed by atoms with Gasteiger partial charge in [0.1, 0.15) is 0 Å². The molecule has 5 heteroatoms. The van der Waals surface area contributed by atoms with Gasteiger partial charge in [0.15, 0.2) is 0 Å². The van der Waals surface area contributed by atoms with Gasteiger partial charge in [0, 0.05) is 35.2 Å². The van der Waals surface area contributed by atoms with Gasteiger partial charge >= 0.3 is 0 Å². The van der Waals surface area contributed by atoms with Crippen LogP contribution in [0.1, 0.15) is 47.1 Å². The van der Waals surface area contributed by atoms with Gasteiger partial charge in [-0.15, -0.1) is 0 Å². The summed E-state index contributed by atoms with van der Waals surface area (Å²) in [7, 11) is 0. The summed E-state index contributed by atoms with van der Waals surface area (Å²) in [5.74, 6) is 0. The molecule has 0 N–H and O–H groups in total. The van der Waals surface area contributed by atoms with Crippen molar-refractivity contribution in [3.63, 3.8) is 0 Å². The lowest BCUT2D eigenvalue weighted by Crippen LogP contribution is -2.34. The molecule has 0 unspecified atom stereocenters. The Morgan fingerprint density at radius 3 is 2.16 bits per heavy atom. The minimum absolute atomic E-state index is 0.0439. The normalized spacial score (nSPS) is 12.6. The summed E-state index contributed by atoms with van der Waals surface area (Å²) in [6.07, 6.45) is 5.41. The Balaban J connectivity index is 2.24.